The molecule has 4 heterocycles. The van der Waals surface area contributed by atoms with E-state index < -0.39 is 96.0 Å². The molecular formula is C104H108ClF4N9O21S. The van der Waals surface area contributed by atoms with Gasteiger partial charge in [-0.3, -0.25) is 9.69 Å². The lowest BCUT2D eigenvalue weighted by Gasteiger charge is -2.42. The summed E-state index contributed by atoms with van der Waals surface area (Å²) in [5.74, 6) is -2.84. The van der Waals surface area contributed by atoms with Crippen molar-refractivity contribution in [1.82, 2.24) is 35.1 Å². The minimum absolute atomic E-state index is 0.0200. The number of aliphatic carboxylic acids is 1. The summed E-state index contributed by atoms with van der Waals surface area (Å²) in [4.78, 5) is 129. The predicted octanol–water partition coefficient (Wildman–Crippen LogP) is 17.2. The molecule has 140 heavy (non-hydrogen) atoms. The van der Waals surface area contributed by atoms with Crippen LogP contribution < -0.4 is 39.4 Å². The maximum Gasteiger partial charge on any atom is 0.508 e. The standard InChI is InChI=1S/C102H107ClFN9O19S.C2HF3O2/c1-13-52-124-99(118)110-82(30-22-23-53-125-101(120)132-102(6,7)8)96(115)131-90(63(2)3)98(117)129-65(5)93(114)109-72-40-37-69(70(55-72)57-111(9)100(119)128-61-81-78-27-17-15-25-76(78)77-26-16-18-28-79(77)81)58-113(10)50-47-112(48-51-113)49-54-123-85-44-43-75(64(4)89(85)103)87-88-94(106-62-107-95(88)133-91(87)67-35-38-71(104)39-36-67)130-86(97(116)127-59-66-33-41-74(121-11)42-34-66)56-68-24-14-20-31-83(68)126-60-73-45-46-105-92(108-73)80-29-19-21-32-84(80)122-12;3-2(4,5)1(6)7/h1,14-21,24-29,31-46,55,62-63,65,81-82,86,90H,22-23,30,47-54,56-61H2,2-12H3,(H-,109,110,114,118);(H,6,7)/t65-,82-,86+,90-;/m0./s1. The fourth-order valence-corrected chi connectivity index (χ4v) is 17.1. The highest BCUT2D eigenvalue weighted by atomic mass is 35.5. The average molecular weight is 1960 g/mol. The first-order chi connectivity index (χ1) is 67.0. The van der Waals surface area contributed by atoms with Gasteiger partial charge in [0.05, 0.1) is 62.6 Å². The van der Waals surface area contributed by atoms with Gasteiger partial charge < -0.3 is 86.8 Å². The summed E-state index contributed by atoms with van der Waals surface area (Å²) in [5, 5.41) is 14.9. The molecule has 13 rings (SSSR count). The maximum atomic E-state index is 14.9. The first kappa shape index (κ1) is 104. The number of benzene rings is 8. The number of hydrogen-bond acceptors (Lipinski definition) is 27. The SMILES string of the molecule is C#CCOC(=O)N[C@@H](CCCCOC(=O)OC(C)(C)C)C(=O)O[C@H](C(=O)O[C@@H](C)C(=O)Nc1ccc(C[N+]2(C)CCN(CCOc3ccc(-c4c(-c5ccc(F)cc5)sc5ncnc(O[C@H](Cc6ccccc6OCc6ccnc(-c7ccccc7OC)n6)C(=O)OCc6ccc(OC)cc6)c45)c(C)c3Cl)CC2)c(CN(C)C(=O)OCC2c3ccccc3-c3ccccc32)c1)C(C)C.O=C([O-])C(F)(F)F. The molecule has 1 fully saturated rings. The molecule has 30 nitrogen and oxygen atoms in total. The molecule has 3 aromatic heterocycles. The third-order valence-corrected chi connectivity index (χ3v) is 24.7. The zero-order valence-electron chi connectivity index (χ0n) is 79.0. The number of nitrogens with one attached hydrogen (secondary N) is 2. The van der Waals surface area contributed by atoms with Crippen LogP contribution in [0, 0.1) is 31.0 Å². The predicted molar refractivity (Wildman–Crippen MR) is 511 cm³/mol. The van der Waals surface area contributed by atoms with Gasteiger partial charge in [-0.15, -0.1) is 17.8 Å². The molecule has 3 amide bonds. The minimum atomic E-state index is -5.19. The first-order valence-corrected chi connectivity index (χ1v) is 46.2. The number of alkyl halides is 3. The molecule has 2 N–H and O–H groups in total. The molecule has 2 aliphatic rings. The molecule has 1 aliphatic heterocycles. The molecule has 1 saturated heterocycles. The van der Waals surface area contributed by atoms with Crippen molar-refractivity contribution < 1.29 is 122 Å². The molecule has 36 heteroatoms. The lowest BCUT2D eigenvalue weighted by molar-refractivity contribution is -0.926. The normalized spacial score (nSPS) is 13.6. The monoisotopic (exact) mass is 1960 g/mol. The summed E-state index contributed by atoms with van der Waals surface area (Å²) >= 11 is 8.80. The van der Waals surface area contributed by atoms with Crippen LogP contribution in [0.3, 0.4) is 0 Å². The zero-order valence-corrected chi connectivity index (χ0v) is 80.6. The van der Waals surface area contributed by atoms with Crippen LogP contribution in [0.15, 0.2) is 195 Å². The number of rotatable bonds is 39. The molecule has 0 radical (unpaired) electrons. The zero-order chi connectivity index (χ0) is 101. The van der Waals surface area contributed by atoms with Gasteiger partial charge in [-0.1, -0.05) is 147 Å². The number of carbonyl (C=O) groups excluding carboxylic acids is 8. The second-order valence-corrected chi connectivity index (χ2v) is 36.1. The Balaban J connectivity index is 0.00000241. The van der Waals surface area contributed by atoms with E-state index in [2.05, 4.69) is 57.8 Å². The Labute approximate surface area is 816 Å². The number of anilines is 1. The van der Waals surface area contributed by atoms with Gasteiger partial charge in [0.25, 0.3) is 5.91 Å². The van der Waals surface area contributed by atoms with E-state index in [9.17, 15) is 51.1 Å². The van der Waals surface area contributed by atoms with Crippen molar-refractivity contribution in [3.8, 4) is 85.3 Å². The van der Waals surface area contributed by atoms with Crippen LogP contribution in [0.5, 0.6) is 28.9 Å². The maximum absolute atomic E-state index is 14.9. The number of carboxylic acids is 1. The van der Waals surface area contributed by atoms with Gasteiger partial charge in [0.1, 0.15) is 90.6 Å². The number of ether oxygens (including phenoxy) is 12. The number of likely N-dealkylation sites (N-methyl/N-ethyl adjacent to an activating group) is 1. The Bertz CT molecular complexity index is 6220. The van der Waals surface area contributed by atoms with Crippen molar-refractivity contribution in [3.05, 3.63) is 250 Å². The van der Waals surface area contributed by atoms with Crippen molar-refractivity contribution in [2.75, 3.05) is 92.8 Å². The fraction of sp³-hybridized carbons (Fsp3) is 0.346. The number of fused-ring (bicyclic) bond motifs is 4. The molecular weight excluding hydrogens is 1850 g/mol. The third kappa shape index (κ3) is 28.2. The number of piperazine rings is 1. The number of halogens is 5. The number of nitrogens with zero attached hydrogens (tertiary/aromatic N) is 7. The van der Waals surface area contributed by atoms with Crippen molar-refractivity contribution in [2.45, 2.75) is 143 Å². The van der Waals surface area contributed by atoms with Gasteiger partial charge >= 0.3 is 42.4 Å². The van der Waals surface area contributed by atoms with E-state index in [0.717, 1.165) is 40.9 Å². The van der Waals surface area contributed by atoms with E-state index >= 15 is 0 Å². The van der Waals surface area contributed by atoms with E-state index in [4.69, 9.17) is 99.7 Å². The molecule has 0 bridgehead atoms. The summed E-state index contributed by atoms with van der Waals surface area (Å²) in [6.45, 7) is 15.5. The van der Waals surface area contributed by atoms with Crippen LogP contribution in [0.4, 0.5) is 37.6 Å². The number of amides is 3. The topological polar surface area (TPSA) is 352 Å². The van der Waals surface area contributed by atoms with Gasteiger partial charge in [-0.05, 0) is 176 Å². The van der Waals surface area contributed by atoms with Crippen LogP contribution in [0.1, 0.15) is 111 Å². The molecule has 0 saturated carbocycles. The number of carboxylic acid groups (broad SMARTS) is 1. The van der Waals surface area contributed by atoms with Crippen molar-refractivity contribution >= 4 is 87.0 Å². The minimum Gasteiger partial charge on any atom is -0.542 e. The quantitative estimate of drug-likeness (QED) is 0.00902. The number of alkyl carbamates (subject to hydrolysis) is 1. The third-order valence-electron chi connectivity index (χ3n) is 23.0. The fourth-order valence-electron chi connectivity index (χ4n) is 15.7. The summed E-state index contributed by atoms with van der Waals surface area (Å²) in [6, 6.07) is 53.9. The number of aromatic nitrogens is 4. The molecule has 736 valence electrons. The number of esters is 3. The van der Waals surface area contributed by atoms with Crippen molar-refractivity contribution in [2.24, 2.45) is 5.92 Å². The molecule has 0 unspecified atom stereocenters. The Kier molecular flexibility index (Phi) is 36.0. The molecule has 1 aliphatic carbocycles. The first-order valence-electron chi connectivity index (χ1n) is 45.0. The number of thiophene rings is 1. The highest BCUT2D eigenvalue weighted by molar-refractivity contribution is 7.22. The van der Waals surface area contributed by atoms with Crippen LogP contribution in [-0.2, 0) is 89.9 Å². The van der Waals surface area contributed by atoms with Gasteiger partial charge in [0, 0.05) is 79.4 Å². The van der Waals surface area contributed by atoms with Gasteiger partial charge in [-0.25, -0.2) is 53.1 Å². The Morgan fingerprint density at radius 2 is 1.37 bits per heavy atom. The number of para-hydroxylation sites is 2. The average Bonchev–Trinajstić information content (AvgIpc) is 1.58. The number of quaternary nitrogens is 1. The number of hydrogen-bond donors (Lipinski definition) is 2. The summed E-state index contributed by atoms with van der Waals surface area (Å²) in [6.07, 6.45) is -3.13. The van der Waals surface area contributed by atoms with Crippen LogP contribution >= 0.6 is 22.9 Å². The summed E-state index contributed by atoms with van der Waals surface area (Å²) in [7, 11) is 7.00. The number of carbonyl (C=O) groups is 8. The van der Waals surface area contributed by atoms with Gasteiger partial charge in [-0.2, -0.15) is 13.2 Å². The Hall–Kier alpha value is -14.5. The van der Waals surface area contributed by atoms with E-state index in [1.54, 1.807) is 123 Å². The van der Waals surface area contributed by atoms with Crippen LogP contribution in [0.25, 0.3) is 54.3 Å². The Morgan fingerprint density at radius 1 is 0.700 bits per heavy atom. The smallest absolute Gasteiger partial charge is 0.508 e. The van der Waals surface area contributed by atoms with Gasteiger partial charge in [0.15, 0.2) is 18.5 Å². The number of methoxy groups -OCH3 is 2. The Morgan fingerprint density at radius 3 is 2.04 bits per heavy atom. The van der Waals surface area contributed by atoms with Crippen molar-refractivity contribution in [3.63, 3.8) is 0 Å². The van der Waals surface area contributed by atoms with Crippen molar-refractivity contribution in [1.29, 1.82) is 0 Å². The van der Waals surface area contributed by atoms with Crippen LogP contribution in [0.2, 0.25) is 5.02 Å². The molecule has 8 aromatic carbocycles. The largest absolute Gasteiger partial charge is 0.542 e. The van der Waals surface area contributed by atoms with E-state index in [-0.39, 0.29) is 83.7 Å². The van der Waals surface area contributed by atoms with E-state index in [1.165, 1.54) is 41.6 Å². The van der Waals surface area contributed by atoms with Crippen LogP contribution in [-0.4, -0.2) is 206 Å². The van der Waals surface area contributed by atoms with E-state index in [1.807, 2.05) is 91.9 Å². The van der Waals surface area contributed by atoms with Gasteiger partial charge in [0.2, 0.25) is 18.1 Å². The lowest BCUT2D eigenvalue weighted by atomic mass is 9.96. The molecule has 4 atom stereocenters. The molecule has 11 aromatic rings. The van der Waals surface area contributed by atoms with E-state index in [0.29, 0.717) is 135 Å². The molecule has 0 spiro atoms. The second kappa shape index (κ2) is 48.2. The number of terminal acetylenes is 1. The summed E-state index contributed by atoms with van der Waals surface area (Å²) < 4.78 is 117. The summed E-state index contributed by atoms with van der Waals surface area (Å²) in [5.41, 5.74) is 10.7. The highest BCUT2D eigenvalue weighted by Gasteiger charge is 2.38. The number of unbranched alkanes of at least 4 members (excludes halogenated alkanes) is 1. The second-order valence-electron chi connectivity index (χ2n) is 34.8. The highest BCUT2D eigenvalue weighted by Crippen LogP contribution is 2.51. The lowest BCUT2D eigenvalue weighted by Crippen LogP contribution is -2.57.